The lowest BCUT2D eigenvalue weighted by atomic mass is 9.87. The maximum absolute atomic E-state index is 12.2. The minimum absolute atomic E-state index is 0.0396. The van der Waals surface area contributed by atoms with E-state index >= 15 is 0 Å². The van der Waals surface area contributed by atoms with E-state index in [2.05, 4.69) is 4.98 Å². The molecule has 0 spiro atoms. The zero-order valence-electron chi connectivity index (χ0n) is 10.8. The molecule has 3 rings (SSSR count). The van der Waals surface area contributed by atoms with Gasteiger partial charge in [-0.15, -0.1) is 0 Å². The van der Waals surface area contributed by atoms with Crippen molar-refractivity contribution in [3.05, 3.63) is 71.1 Å². The van der Waals surface area contributed by atoms with Gasteiger partial charge in [-0.05, 0) is 12.1 Å². The summed E-state index contributed by atoms with van der Waals surface area (Å²) in [6.45, 7) is 0. The minimum Gasteiger partial charge on any atom is -0.505 e. The van der Waals surface area contributed by atoms with E-state index in [4.69, 9.17) is 5.41 Å². The maximum Gasteiger partial charge on any atom is 0.239 e. The summed E-state index contributed by atoms with van der Waals surface area (Å²) < 4.78 is 0. The second kappa shape index (κ2) is 4.79. The molecular formula is C16H10N2O3. The summed E-state index contributed by atoms with van der Waals surface area (Å²) in [7, 11) is 0. The Bertz CT molecular complexity index is 807. The van der Waals surface area contributed by atoms with Crippen LogP contribution in [0, 0.1) is 5.41 Å². The van der Waals surface area contributed by atoms with Gasteiger partial charge in [-0.1, -0.05) is 30.3 Å². The molecule has 0 aliphatic heterocycles. The lowest BCUT2D eigenvalue weighted by Crippen LogP contribution is -2.29. The molecular weight excluding hydrogens is 268 g/mol. The van der Waals surface area contributed by atoms with Crippen molar-refractivity contribution < 1.29 is 14.7 Å². The molecule has 102 valence electrons. The van der Waals surface area contributed by atoms with Gasteiger partial charge in [0.1, 0.15) is 5.69 Å². The predicted octanol–water partition coefficient (Wildman–Crippen LogP) is 2.18. The van der Waals surface area contributed by atoms with Gasteiger partial charge in [-0.2, -0.15) is 0 Å². The molecule has 2 N–H and O–H groups in total. The van der Waals surface area contributed by atoms with Crippen LogP contribution in [0.2, 0.25) is 0 Å². The number of aromatic nitrogens is 1. The molecule has 5 nitrogen and oxygen atoms in total. The fraction of sp³-hybridized carbons (Fsp3) is 0. The van der Waals surface area contributed by atoms with E-state index in [1.807, 2.05) is 0 Å². The molecule has 0 radical (unpaired) electrons. The van der Waals surface area contributed by atoms with Gasteiger partial charge in [0, 0.05) is 11.8 Å². The molecule has 1 aliphatic carbocycles. The van der Waals surface area contributed by atoms with E-state index < -0.39 is 17.3 Å². The van der Waals surface area contributed by atoms with E-state index in [0.29, 0.717) is 5.56 Å². The Morgan fingerprint density at radius 1 is 1.00 bits per heavy atom. The van der Waals surface area contributed by atoms with Crippen LogP contribution in [0.25, 0.3) is 5.76 Å². The molecule has 21 heavy (non-hydrogen) atoms. The normalized spacial score (nSPS) is 14.1. The number of benzene rings is 1. The topological polar surface area (TPSA) is 91.1 Å². The first-order chi connectivity index (χ1) is 10.1. The number of hydrogen-bond donors (Lipinski definition) is 2. The summed E-state index contributed by atoms with van der Waals surface area (Å²) >= 11 is 0. The largest absolute Gasteiger partial charge is 0.505 e. The third-order valence-electron chi connectivity index (χ3n) is 3.26. The molecule has 5 heteroatoms. The quantitative estimate of drug-likeness (QED) is 0.650. The third kappa shape index (κ3) is 1.95. The summed E-state index contributed by atoms with van der Waals surface area (Å²) in [5.74, 6) is -2.07. The highest BCUT2D eigenvalue weighted by atomic mass is 16.3. The molecule has 0 fully saturated rings. The first kappa shape index (κ1) is 12.9. The van der Waals surface area contributed by atoms with Gasteiger partial charge in [0.15, 0.2) is 5.76 Å². The highest BCUT2D eigenvalue weighted by Gasteiger charge is 2.36. The Balaban J connectivity index is 2.20. The first-order valence-corrected chi connectivity index (χ1v) is 6.23. The second-order valence-electron chi connectivity index (χ2n) is 4.52. The second-order valence-corrected chi connectivity index (χ2v) is 4.52. The Hall–Kier alpha value is -3.08. The minimum atomic E-state index is -0.887. The Labute approximate surface area is 120 Å². The first-order valence-electron chi connectivity index (χ1n) is 6.23. The number of allylic oxidation sites excluding steroid dienone is 1. The SMILES string of the molecule is N=C(C1=C(O)c2ncccc2C(=O)C1=O)c1ccccc1. The van der Waals surface area contributed by atoms with Crippen LogP contribution in [-0.2, 0) is 4.79 Å². The molecule has 0 unspecified atom stereocenters. The van der Waals surface area contributed by atoms with E-state index in [1.165, 1.54) is 18.3 Å². The van der Waals surface area contributed by atoms with Gasteiger partial charge in [-0.25, -0.2) is 0 Å². The molecule has 0 amide bonds. The zero-order valence-corrected chi connectivity index (χ0v) is 10.8. The number of aliphatic hydroxyl groups excluding tert-OH is 1. The van der Waals surface area contributed by atoms with Gasteiger partial charge < -0.3 is 5.11 Å². The Morgan fingerprint density at radius 2 is 1.71 bits per heavy atom. The molecule has 1 heterocycles. The van der Waals surface area contributed by atoms with Gasteiger partial charge in [-0.3, -0.25) is 20.0 Å². The zero-order chi connectivity index (χ0) is 15.0. The lowest BCUT2D eigenvalue weighted by molar-refractivity contribution is -0.111. The lowest BCUT2D eigenvalue weighted by Gasteiger charge is -2.17. The number of ketones is 2. The average Bonchev–Trinajstić information content (AvgIpc) is 2.53. The molecule has 0 bridgehead atoms. The van der Waals surface area contributed by atoms with Gasteiger partial charge >= 0.3 is 0 Å². The van der Waals surface area contributed by atoms with Crippen LogP contribution in [-0.4, -0.2) is 27.4 Å². The van der Waals surface area contributed by atoms with Crippen molar-refractivity contribution in [1.82, 2.24) is 4.98 Å². The van der Waals surface area contributed by atoms with Crippen LogP contribution < -0.4 is 0 Å². The van der Waals surface area contributed by atoms with Crippen LogP contribution in [0.3, 0.4) is 0 Å². The summed E-state index contributed by atoms with van der Waals surface area (Å²) in [6.07, 6.45) is 1.42. The maximum atomic E-state index is 12.2. The van der Waals surface area contributed by atoms with Gasteiger partial charge in [0.25, 0.3) is 0 Å². The summed E-state index contributed by atoms with van der Waals surface area (Å²) in [6, 6.07) is 11.4. The molecule has 1 aromatic carbocycles. The molecule has 2 aromatic rings. The molecule has 0 saturated heterocycles. The van der Waals surface area contributed by atoms with Crippen molar-refractivity contribution in [3.8, 4) is 0 Å². The monoisotopic (exact) mass is 278 g/mol. The summed E-state index contributed by atoms with van der Waals surface area (Å²) in [5, 5.41) is 18.3. The van der Waals surface area contributed by atoms with Crippen molar-refractivity contribution in [1.29, 1.82) is 5.41 Å². The number of carbonyl (C=O) groups is 2. The van der Waals surface area contributed by atoms with E-state index in [-0.39, 0.29) is 22.5 Å². The Morgan fingerprint density at radius 3 is 2.43 bits per heavy atom. The van der Waals surface area contributed by atoms with E-state index in [0.717, 1.165) is 0 Å². The number of hydrogen-bond acceptors (Lipinski definition) is 5. The summed E-state index contributed by atoms with van der Waals surface area (Å²) in [4.78, 5) is 28.2. The standard InChI is InChI=1S/C16H10N2O3/c17-12(9-5-2-1-3-6-9)11-15(20)13-10(7-4-8-18-13)14(19)16(11)21/h1-8,17,20H. The number of rotatable bonds is 2. The van der Waals surface area contributed by atoms with Crippen molar-refractivity contribution >= 4 is 23.0 Å². The van der Waals surface area contributed by atoms with Gasteiger partial charge in [0.2, 0.25) is 11.6 Å². The van der Waals surface area contributed by atoms with E-state index in [1.54, 1.807) is 30.3 Å². The predicted molar refractivity (Wildman–Crippen MR) is 76.4 cm³/mol. The van der Waals surface area contributed by atoms with Crippen LogP contribution in [0.4, 0.5) is 0 Å². The molecule has 0 saturated carbocycles. The number of fused-ring (bicyclic) bond motifs is 1. The number of Topliss-reactive ketones (excluding diaryl/α,β-unsaturated/α-hetero) is 2. The fourth-order valence-corrected chi connectivity index (χ4v) is 2.22. The van der Waals surface area contributed by atoms with Crippen LogP contribution in [0.1, 0.15) is 21.6 Å². The van der Waals surface area contributed by atoms with Crippen LogP contribution in [0.5, 0.6) is 0 Å². The van der Waals surface area contributed by atoms with Crippen molar-refractivity contribution in [2.75, 3.05) is 0 Å². The van der Waals surface area contributed by atoms with E-state index in [9.17, 15) is 14.7 Å². The average molecular weight is 278 g/mol. The number of aliphatic hydroxyl groups is 1. The number of pyridine rings is 1. The van der Waals surface area contributed by atoms with Crippen molar-refractivity contribution in [2.24, 2.45) is 0 Å². The number of carbonyl (C=O) groups excluding carboxylic acids is 2. The fourth-order valence-electron chi connectivity index (χ4n) is 2.22. The van der Waals surface area contributed by atoms with Gasteiger partial charge in [0.05, 0.1) is 16.8 Å². The number of nitrogens with one attached hydrogen (secondary N) is 1. The van der Waals surface area contributed by atoms with Crippen molar-refractivity contribution in [3.63, 3.8) is 0 Å². The van der Waals surface area contributed by atoms with Crippen molar-refractivity contribution in [2.45, 2.75) is 0 Å². The Kier molecular flexibility index (Phi) is 2.95. The molecule has 1 aromatic heterocycles. The molecule has 0 atom stereocenters. The highest BCUT2D eigenvalue weighted by molar-refractivity contribution is 6.58. The highest BCUT2D eigenvalue weighted by Crippen LogP contribution is 2.27. The smallest absolute Gasteiger partial charge is 0.239 e. The molecule has 1 aliphatic rings. The van der Waals surface area contributed by atoms with Crippen LogP contribution >= 0.6 is 0 Å². The van der Waals surface area contributed by atoms with Crippen LogP contribution in [0.15, 0.2) is 54.2 Å². The third-order valence-corrected chi connectivity index (χ3v) is 3.26. The number of nitrogens with zero attached hydrogens (tertiary/aromatic N) is 1. The summed E-state index contributed by atoms with van der Waals surface area (Å²) in [5.41, 5.74) is 0.0436.